The zero-order chi connectivity index (χ0) is 20.4. The van der Waals surface area contributed by atoms with Crippen LogP contribution in [-0.4, -0.2) is 48.0 Å². The summed E-state index contributed by atoms with van der Waals surface area (Å²) in [5, 5.41) is 20.8. The summed E-state index contributed by atoms with van der Waals surface area (Å²) < 4.78 is 0. The highest BCUT2D eigenvalue weighted by molar-refractivity contribution is 5.20. The first-order valence-electron chi connectivity index (χ1n) is 11.9. The van der Waals surface area contributed by atoms with Gasteiger partial charge < -0.3 is 15.1 Å². The molecule has 0 amide bonds. The summed E-state index contributed by atoms with van der Waals surface area (Å²) in [5.74, 6) is 1.33. The number of aliphatic hydroxyl groups excluding tert-OH is 2. The summed E-state index contributed by atoms with van der Waals surface area (Å²) in [6.45, 7) is 3.41. The molecule has 0 aromatic heterocycles. The standard InChI is InChI=1S/C25H45NO2/c1-4-5-6-7-10-13-22(27)14-15-23-24-18-20(17-21(24)19-25(23)28)12-9-8-11-16-26(2)3/h14-15,17,21-25,27-28H,4-13,16,18-19H2,1-3H3/t21-,22-,23+,24-,25+/m0/s1. The molecule has 2 aliphatic carbocycles. The van der Waals surface area contributed by atoms with E-state index in [1.165, 1.54) is 57.9 Å². The van der Waals surface area contributed by atoms with Crippen molar-refractivity contribution in [2.75, 3.05) is 20.6 Å². The minimum absolute atomic E-state index is 0.224. The van der Waals surface area contributed by atoms with Gasteiger partial charge in [-0.3, -0.25) is 0 Å². The highest BCUT2D eigenvalue weighted by atomic mass is 16.3. The molecule has 0 bridgehead atoms. The van der Waals surface area contributed by atoms with Crippen molar-refractivity contribution >= 4 is 0 Å². The van der Waals surface area contributed by atoms with Gasteiger partial charge in [-0.2, -0.15) is 0 Å². The number of fused-ring (bicyclic) bond motifs is 1. The van der Waals surface area contributed by atoms with Crippen molar-refractivity contribution in [3.05, 3.63) is 23.8 Å². The lowest BCUT2D eigenvalue weighted by Crippen LogP contribution is -2.18. The largest absolute Gasteiger partial charge is 0.392 e. The van der Waals surface area contributed by atoms with E-state index in [0.29, 0.717) is 11.8 Å². The van der Waals surface area contributed by atoms with Gasteiger partial charge in [-0.15, -0.1) is 0 Å². The normalized spacial score (nSPS) is 28.3. The first kappa shape index (κ1) is 23.6. The van der Waals surface area contributed by atoms with Gasteiger partial charge in [-0.25, -0.2) is 0 Å². The Morgan fingerprint density at radius 2 is 1.86 bits per heavy atom. The second-order valence-corrected chi connectivity index (χ2v) is 9.51. The molecule has 0 aliphatic heterocycles. The van der Waals surface area contributed by atoms with Crippen LogP contribution >= 0.6 is 0 Å². The lowest BCUT2D eigenvalue weighted by molar-refractivity contribution is 0.139. The number of rotatable bonds is 14. The van der Waals surface area contributed by atoms with Gasteiger partial charge in [0.25, 0.3) is 0 Å². The molecule has 0 unspecified atom stereocenters. The van der Waals surface area contributed by atoms with Gasteiger partial charge in [0.15, 0.2) is 0 Å². The second-order valence-electron chi connectivity index (χ2n) is 9.51. The van der Waals surface area contributed by atoms with Crippen LogP contribution in [-0.2, 0) is 0 Å². The van der Waals surface area contributed by atoms with Crippen molar-refractivity contribution < 1.29 is 10.2 Å². The van der Waals surface area contributed by atoms with Crippen molar-refractivity contribution in [1.29, 1.82) is 0 Å². The molecular weight excluding hydrogens is 346 g/mol. The molecule has 5 atom stereocenters. The molecule has 28 heavy (non-hydrogen) atoms. The molecule has 2 N–H and O–H groups in total. The summed E-state index contributed by atoms with van der Waals surface area (Å²) in [5.41, 5.74) is 1.61. The van der Waals surface area contributed by atoms with E-state index in [1.54, 1.807) is 5.57 Å². The minimum atomic E-state index is -0.349. The fourth-order valence-electron chi connectivity index (χ4n) is 5.06. The van der Waals surface area contributed by atoms with Crippen molar-refractivity contribution in [2.24, 2.45) is 17.8 Å². The van der Waals surface area contributed by atoms with Crippen LogP contribution in [0.15, 0.2) is 23.8 Å². The van der Waals surface area contributed by atoms with E-state index in [0.717, 1.165) is 25.7 Å². The number of hydrogen-bond donors (Lipinski definition) is 2. The van der Waals surface area contributed by atoms with Crippen LogP contribution < -0.4 is 0 Å². The lowest BCUT2D eigenvalue weighted by Gasteiger charge is -2.19. The van der Waals surface area contributed by atoms with Crippen molar-refractivity contribution in [2.45, 2.75) is 96.2 Å². The topological polar surface area (TPSA) is 43.7 Å². The molecule has 0 aromatic rings. The highest BCUT2D eigenvalue weighted by Crippen LogP contribution is 2.48. The third kappa shape index (κ3) is 8.00. The van der Waals surface area contributed by atoms with E-state index >= 15 is 0 Å². The second kappa shape index (κ2) is 12.8. The summed E-state index contributed by atoms with van der Waals surface area (Å²) >= 11 is 0. The highest BCUT2D eigenvalue weighted by Gasteiger charge is 2.43. The average Bonchev–Trinajstić information content (AvgIpc) is 3.15. The zero-order valence-corrected chi connectivity index (χ0v) is 18.7. The van der Waals surface area contributed by atoms with Crippen molar-refractivity contribution in [3.63, 3.8) is 0 Å². The molecule has 162 valence electrons. The maximum atomic E-state index is 10.5. The zero-order valence-electron chi connectivity index (χ0n) is 18.7. The maximum Gasteiger partial charge on any atom is 0.0721 e. The molecule has 3 nitrogen and oxygen atoms in total. The van der Waals surface area contributed by atoms with Gasteiger partial charge in [-0.1, -0.05) is 69.2 Å². The van der Waals surface area contributed by atoms with Gasteiger partial charge >= 0.3 is 0 Å². The van der Waals surface area contributed by atoms with E-state index in [4.69, 9.17) is 0 Å². The van der Waals surface area contributed by atoms with Crippen molar-refractivity contribution in [1.82, 2.24) is 4.90 Å². The third-order valence-electron chi connectivity index (χ3n) is 6.71. The molecule has 2 rings (SSSR count). The molecule has 2 aliphatic rings. The number of hydrogen-bond acceptors (Lipinski definition) is 3. The number of nitrogens with zero attached hydrogens (tertiary/aromatic N) is 1. The number of allylic oxidation sites excluding steroid dienone is 2. The molecule has 0 spiro atoms. The van der Waals surface area contributed by atoms with Crippen LogP contribution in [0, 0.1) is 17.8 Å². The maximum absolute atomic E-state index is 10.5. The summed E-state index contributed by atoms with van der Waals surface area (Å²) in [7, 11) is 4.28. The van der Waals surface area contributed by atoms with E-state index in [1.807, 2.05) is 6.08 Å². The molecule has 1 saturated carbocycles. The average molecular weight is 392 g/mol. The SMILES string of the molecule is CCCCCCC[C@H](O)C=C[C@@H]1[C@H]2CC(CCCCCN(C)C)=C[C@H]2C[C@H]1O. The van der Waals surface area contributed by atoms with E-state index < -0.39 is 0 Å². The van der Waals surface area contributed by atoms with Crippen LogP contribution in [0.4, 0.5) is 0 Å². The van der Waals surface area contributed by atoms with Crippen LogP contribution in [0.25, 0.3) is 0 Å². The molecule has 3 heteroatoms. The minimum Gasteiger partial charge on any atom is -0.392 e. The molecular formula is C25H45NO2. The molecule has 0 heterocycles. The van der Waals surface area contributed by atoms with Gasteiger partial charge in [0.05, 0.1) is 12.2 Å². The smallest absolute Gasteiger partial charge is 0.0721 e. The van der Waals surface area contributed by atoms with Gasteiger partial charge in [0, 0.05) is 5.92 Å². The Balaban J connectivity index is 1.69. The molecule has 0 saturated heterocycles. The van der Waals surface area contributed by atoms with Gasteiger partial charge in [-0.05, 0) is 71.0 Å². The molecule has 0 radical (unpaired) electrons. The number of aliphatic hydroxyl groups is 2. The predicted octanol–water partition coefficient (Wildman–Crippen LogP) is 5.33. The van der Waals surface area contributed by atoms with Crippen LogP contribution in [0.2, 0.25) is 0 Å². The fraction of sp³-hybridized carbons (Fsp3) is 0.840. The first-order chi connectivity index (χ1) is 13.5. The van der Waals surface area contributed by atoms with E-state index in [-0.39, 0.29) is 18.1 Å². The Morgan fingerprint density at radius 3 is 2.61 bits per heavy atom. The molecule has 0 aromatic carbocycles. The Kier molecular flexibility index (Phi) is 10.8. The monoisotopic (exact) mass is 391 g/mol. The number of unbranched alkanes of at least 4 members (excludes halogenated alkanes) is 6. The Hall–Kier alpha value is -0.640. The Labute approximate surface area is 173 Å². The van der Waals surface area contributed by atoms with Crippen LogP contribution in [0.5, 0.6) is 0 Å². The first-order valence-corrected chi connectivity index (χ1v) is 11.9. The Morgan fingerprint density at radius 1 is 1.11 bits per heavy atom. The molecule has 1 fully saturated rings. The quantitative estimate of drug-likeness (QED) is 0.311. The summed E-state index contributed by atoms with van der Waals surface area (Å²) in [4.78, 5) is 2.26. The van der Waals surface area contributed by atoms with Gasteiger partial charge in [0.1, 0.15) is 0 Å². The van der Waals surface area contributed by atoms with Crippen molar-refractivity contribution in [3.8, 4) is 0 Å². The lowest BCUT2D eigenvalue weighted by atomic mass is 9.88. The van der Waals surface area contributed by atoms with E-state index in [9.17, 15) is 10.2 Å². The summed E-state index contributed by atoms with van der Waals surface area (Å²) in [6.07, 6.45) is 20.2. The third-order valence-corrected chi connectivity index (χ3v) is 6.71. The van der Waals surface area contributed by atoms with E-state index in [2.05, 4.69) is 38.1 Å². The van der Waals surface area contributed by atoms with Gasteiger partial charge in [0.2, 0.25) is 0 Å². The van der Waals surface area contributed by atoms with Crippen LogP contribution in [0.3, 0.4) is 0 Å². The fourth-order valence-corrected chi connectivity index (χ4v) is 5.06. The van der Waals surface area contributed by atoms with Crippen LogP contribution in [0.1, 0.15) is 84.0 Å². The summed E-state index contributed by atoms with van der Waals surface area (Å²) in [6, 6.07) is 0. The predicted molar refractivity (Wildman–Crippen MR) is 119 cm³/mol. The Bertz CT molecular complexity index is 485.